The summed E-state index contributed by atoms with van der Waals surface area (Å²) in [7, 11) is 0. The number of hydrogen-bond acceptors (Lipinski definition) is 2. The van der Waals surface area contributed by atoms with Crippen LogP contribution in [0.25, 0.3) is 0 Å². The van der Waals surface area contributed by atoms with E-state index < -0.39 is 0 Å². The molecule has 0 spiro atoms. The van der Waals surface area contributed by atoms with E-state index in [1.807, 2.05) is 11.8 Å². The first-order chi connectivity index (χ1) is 8.24. The minimum atomic E-state index is 0.0591. The van der Waals surface area contributed by atoms with Gasteiger partial charge in [0.05, 0.1) is 11.8 Å². The predicted octanol–water partition coefficient (Wildman–Crippen LogP) is 3.21. The second kappa shape index (κ2) is 5.58. The summed E-state index contributed by atoms with van der Waals surface area (Å²) >= 11 is 5.80. The summed E-state index contributed by atoms with van der Waals surface area (Å²) in [5, 5.41) is 0. The maximum absolute atomic E-state index is 12.4. The van der Waals surface area contributed by atoms with E-state index in [0.717, 1.165) is 12.8 Å². The second-order valence-corrected chi connectivity index (χ2v) is 4.89. The number of carbonyl (C=O) groups excluding carboxylic acids is 1. The highest BCUT2D eigenvalue weighted by Crippen LogP contribution is 2.25. The molecule has 1 aliphatic rings. The van der Waals surface area contributed by atoms with Gasteiger partial charge in [-0.2, -0.15) is 0 Å². The van der Waals surface area contributed by atoms with E-state index in [4.69, 9.17) is 16.0 Å². The molecule has 1 aliphatic carbocycles. The van der Waals surface area contributed by atoms with Crippen LogP contribution in [-0.4, -0.2) is 29.3 Å². The Morgan fingerprint density at radius 3 is 2.76 bits per heavy atom. The molecule has 1 amide bonds. The van der Waals surface area contributed by atoms with Gasteiger partial charge < -0.3 is 9.32 Å². The van der Waals surface area contributed by atoms with Crippen LogP contribution in [0.2, 0.25) is 0 Å². The molecule has 1 saturated carbocycles. The van der Waals surface area contributed by atoms with Crippen LogP contribution in [0.3, 0.4) is 0 Å². The van der Waals surface area contributed by atoms with Crippen molar-refractivity contribution in [2.24, 2.45) is 0 Å². The fourth-order valence-electron chi connectivity index (χ4n) is 2.52. The van der Waals surface area contributed by atoms with Gasteiger partial charge >= 0.3 is 0 Å². The number of alkyl halides is 1. The molecule has 0 radical (unpaired) electrons. The minimum absolute atomic E-state index is 0.0591. The lowest BCUT2D eigenvalue weighted by molar-refractivity contribution is 0.0693. The Labute approximate surface area is 107 Å². The highest BCUT2D eigenvalue weighted by molar-refractivity contribution is 6.18. The zero-order valence-electron chi connectivity index (χ0n) is 10.1. The topological polar surface area (TPSA) is 33.5 Å². The highest BCUT2D eigenvalue weighted by atomic mass is 35.5. The average Bonchev–Trinajstić information content (AvgIpc) is 2.95. The van der Waals surface area contributed by atoms with Gasteiger partial charge in [0.2, 0.25) is 0 Å². The number of aryl methyl sites for hydroxylation is 1. The maximum Gasteiger partial charge on any atom is 0.257 e. The van der Waals surface area contributed by atoms with Crippen LogP contribution in [0, 0.1) is 6.92 Å². The van der Waals surface area contributed by atoms with Crippen molar-refractivity contribution in [3.05, 3.63) is 23.7 Å². The van der Waals surface area contributed by atoms with Crippen molar-refractivity contribution in [1.29, 1.82) is 0 Å². The smallest absolute Gasteiger partial charge is 0.257 e. The molecule has 0 aliphatic heterocycles. The number of hydrogen-bond donors (Lipinski definition) is 0. The van der Waals surface area contributed by atoms with Crippen LogP contribution < -0.4 is 0 Å². The van der Waals surface area contributed by atoms with Gasteiger partial charge in [-0.3, -0.25) is 4.79 Å². The van der Waals surface area contributed by atoms with Gasteiger partial charge in [-0.1, -0.05) is 12.8 Å². The molecule has 2 rings (SSSR count). The van der Waals surface area contributed by atoms with Gasteiger partial charge in [-0.25, -0.2) is 0 Å². The fraction of sp³-hybridized carbons (Fsp3) is 0.615. The number of rotatable bonds is 4. The Morgan fingerprint density at radius 1 is 1.53 bits per heavy atom. The van der Waals surface area contributed by atoms with E-state index in [0.29, 0.717) is 29.8 Å². The lowest BCUT2D eigenvalue weighted by atomic mass is 10.1. The molecule has 0 bridgehead atoms. The summed E-state index contributed by atoms with van der Waals surface area (Å²) < 4.78 is 5.20. The first-order valence-corrected chi connectivity index (χ1v) is 6.68. The fourth-order valence-corrected chi connectivity index (χ4v) is 2.70. The molecule has 17 heavy (non-hydrogen) atoms. The van der Waals surface area contributed by atoms with E-state index in [9.17, 15) is 4.79 Å². The predicted molar refractivity (Wildman–Crippen MR) is 67.5 cm³/mol. The Balaban J connectivity index is 2.15. The van der Waals surface area contributed by atoms with Gasteiger partial charge in [0.25, 0.3) is 5.91 Å². The van der Waals surface area contributed by atoms with Crippen molar-refractivity contribution < 1.29 is 9.21 Å². The van der Waals surface area contributed by atoms with Crippen molar-refractivity contribution in [1.82, 2.24) is 4.90 Å². The van der Waals surface area contributed by atoms with Crippen LogP contribution in [0.1, 0.15) is 41.8 Å². The van der Waals surface area contributed by atoms with Crippen LogP contribution in [0.15, 0.2) is 16.7 Å². The number of halogens is 1. The molecule has 0 atom stereocenters. The molecule has 94 valence electrons. The molecular weight excluding hydrogens is 238 g/mol. The van der Waals surface area contributed by atoms with Crippen molar-refractivity contribution in [3.8, 4) is 0 Å². The summed E-state index contributed by atoms with van der Waals surface area (Å²) in [6.07, 6.45) is 6.18. The minimum Gasteiger partial charge on any atom is -0.469 e. The van der Waals surface area contributed by atoms with Crippen LogP contribution in [0.5, 0.6) is 0 Å². The average molecular weight is 256 g/mol. The second-order valence-electron chi connectivity index (χ2n) is 4.52. The van der Waals surface area contributed by atoms with Crippen LogP contribution in [0.4, 0.5) is 0 Å². The standard InChI is InChI=1S/C13H18ClNO2/c1-10-12(6-9-17-10)13(16)15(8-7-14)11-4-2-3-5-11/h6,9,11H,2-5,7-8H2,1H3. The van der Waals surface area contributed by atoms with E-state index in [2.05, 4.69) is 0 Å². The van der Waals surface area contributed by atoms with Crippen molar-refractivity contribution >= 4 is 17.5 Å². The Hall–Kier alpha value is -0.960. The van der Waals surface area contributed by atoms with E-state index >= 15 is 0 Å². The van der Waals surface area contributed by atoms with Crippen molar-refractivity contribution in [3.63, 3.8) is 0 Å². The van der Waals surface area contributed by atoms with Crippen LogP contribution in [-0.2, 0) is 0 Å². The first kappa shape index (κ1) is 12.5. The molecule has 0 unspecified atom stereocenters. The molecule has 0 saturated heterocycles. The monoisotopic (exact) mass is 255 g/mol. The SMILES string of the molecule is Cc1occc1C(=O)N(CCCl)C1CCCC1. The third-order valence-electron chi connectivity index (χ3n) is 3.44. The summed E-state index contributed by atoms with van der Waals surface area (Å²) in [5.74, 6) is 1.23. The third kappa shape index (κ3) is 2.65. The summed E-state index contributed by atoms with van der Waals surface area (Å²) in [5.41, 5.74) is 0.669. The first-order valence-electron chi connectivity index (χ1n) is 6.15. The number of furan rings is 1. The van der Waals surface area contributed by atoms with E-state index in [-0.39, 0.29) is 5.91 Å². The van der Waals surface area contributed by atoms with E-state index in [1.165, 1.54) is 12.8 Å². The largest absolute Gasteiger partial charge is 0.469 e. The van der Waals surface area contributed by atoms with Gasteiger partial charge in [0.15, 0.2) is 0 Å². The normalized spacial score (nSPS) is 16.4. The maximum atomic E-state index is 12.4. The van der Waals surface area contributed by atoms with Crippen molar-refractivity contribution in [2.45, 2.75) is 38.6 Å². The van der Waals surface area contributed by atoms with Gasteiger partial charge in [0, 0.05) is 18.5 Å². The molecule has 1 heterocycles. The zero-order valence-corrected chi connectivity index (χ0v) is 10.9. The quantitative estimate of drug-likeness (QED) is 0.774. The Bertz CT molecular complexity index is 383. The molecule has 1 fully saturated rings. The zero-order chi connectivity index (χ0) is 12.3. The Kier molecular flexibility index (Phi) is 4.11. The van der Waals surface area contributed by atoms with Gasteiger partial charge in [0.1, 0.15) is 5.76 Å². The number of amides is 1. The lowest BCUT2D eigenvalue weighted by Crippen LogP contribution is -2.40. The lowest BCUT2D eigenvalue weighted by Gasteiger charge is -2.28. The summed E-state index contributed by atoms with van der Waals surface area (Å²) in [4.78, 5) is 14.3. The third-order valence-corrected chi connectivity index (χ3v) is 3.61. The van der Waals surface area contributed by atoms with Crippen molar-refractivity contribution in [2.75, 3.05) is 12.4 Å². The molecule has 4 heteroatoms. The van der Waals surface area contributed by atoms with Gasteiger partial charge in [-0.05, 0) is 25.8 Å². The van der Waals surface area contributed by atoms with E-state index in [1.54, 1.807) is 12.3 Å². The molecule has 3 nitrogen and oxygen atoms in total. The number of nitrogens with zero attached hydrogens (tertiary/aromatic N) is 1. The molecular formula is C13H18ClNO2. The number of carbonyl (C=O) groups is 1. The molecule has 0 aromatic carbocycles. The van der Waals surface area contributed by atoms with Gasteiger partial charge in [-0.15, -0.1) is 11.6 Å². The Morgan fingerprint density at radius 2 is 2.24 bits per heavy atom. The highest BCUT2D eigenvalue weighted by Gasteiger charge is 2.28. The molecule has 1 aromatic rings. The molecule has 0 N–H and O–H groups in total. The van der Waals surface area contributed by atoms with Crippen LogP contribution >= 0.6 is 11.6 Å². The summed E-state index contributed by atoms with van der Waals surface area (Å²) in [6.45, 7) is 2.44. The summed E-state index contributed by atoms with van der Waals surface area (Å²) in [6, 6.07) is 2.10. The molecule has 1 aromatic heterocycles.